The number of hydrogen-bond acceptors (Lipinski definition) is 3. The van der Waals surface area contributed by atoms with Gasteiger partial charge in [-0.15, -0.1) is 0 Å². The van der Waals surface area contributed by atoms with Crippen molar-refractivity contribution in [2.75, 3.05) is 19.8 Å². The molecule has 2 aliphatic rings. The van der Waals surface area contributed by atoms with Gasteiger partial charge in [0.15, 0.2) is 0 Å². The highest BCUT2D eigenvalue weighted by atomic mass is 16.5. The van der Waals surface area contributed by atoms with Crippen LogP contribution < -0.4 is 5.32 Å². The summed E-state index contributed by atoms with van der Waals surface area (Å²) in [7, 11) is 0. The molecule has 3 heteroatoms. The van der Waals surface area contributed by atoms with Crippen LogP contribution >= 0.6 is 0 Å². The van der Waals surface area contributed by atoms with E-state index in [0.717, 1.165) is 19.6 Å². The van der Waals surface area contributed by atoms with Gasteiger partial charge in [-0.3, -0.25) is 0 Å². The summed E-state index contributed by atoms with van der Waals surface area (Å²) in [6, 6.07) is 0.593. The van der Waals surface area contributed by atoms with Crippen molar-refractivity contribution in [2.24, 2.45) is 5.92 Å². The molecule has 1 saturated carbocycles. The molecule has 0 aromatic carbocycles. The van der Waals surface area contributed by atoms with Gasteiger partial charge in [-0.05, 0) is 31.6 Å². The van der Waals surface area contributed by atoms with Gasteiger partial charge in [-0.25, -0.2) is 0 Å². The highest BCUT2D eigenvalue weighted by molar-refractivity contribution is 4.92. The Morgan fingerprint density at radius 3 is 2.82 bits per heavy atom. The lowest BCUT2D eigenvalue weighted by molar-refractivity contribution is -0.109. The first kappa shape index (κ1) is 13.3. The van der Waals surface area contributed by atoms with Crippen LogP contribution in [0, 0.1) is 5.92 Å². The number of rotatable bonds is 4. The first-order valence-electron chi connectivity index (χ1n) is 7.22. The second kappa shape index (κ2) is 6.17. The molecule has 0 aromatic heterocycles. The number of ether oxygens (including phenoxy) is 1. The molecule has 1 saturated heterocycles. The van der Waals surface area contributed by atoms with Crippen molar-refractivity contribution in [3.8, 4) is 0 Å². The van der Waals surface area contributed by atoms with Gasteiger partial charge in [0.05, 0.1) is 5.60 Å². The van der Waals surface area contributed by atoms with Gasteiger partial charge in [-0.2, -0.15) is 0 Å². The van der Waals surface area contributed by atoms with Crippen LogP contribution in [0.5, 0.6) is 0 Å². The maximum atomic E-state index is 9.04. The fraction of sp³-hybridized carbons (Fsp3) is 1.00. The van der Waals surface area contributed by atoms with E-state index in [1.807, 2.05) is 0 Å². The zero-order valence-electron chi connectivity index (χ0n) is 11.1. The summed E-state index contributed by atoms with van der Waals surface area (Å²) in [5.74, 6) is 0.361. The number of aliphatic hydroxyl groups excluding tert-OH is 1. The van der Waals surface area contributed by atoms with Crippen LogP contribution in [0.15, 0.2) is 0 Å². The van der Waals surface area contributed by atoms with E-state index in [4.69, 9.17) is 9.84 Å². The topological polar surface area (TPSA) is 41.5 Å². The monoisotopic (exact) mass is 241 g/mol. The average Bonchev–Trinajstić information content (AvgIpc) is 2.37. The van der Waals surface area contributed by atoms with Crippen LogP contribution in [-0.4, -0.2) is 36.5 Å². The fourth-order valence-corrected chi connectivity index (χ4v) is 3.18. The molecule has 1 aliphatic carbocycles. The molecule has 2 N–H and O–H groups in total. The minimum atomic E-state index is 0.191. The largest absolute Gasteiger partial charge is 0.396 e. The molecule has 0 radical (unpaired) electrons. The molecule has 2 unspecified atom stereocenters. The number of hydrogen-bond donors (Lipinski definition) is 2. The standard InChI is InChI=1S/C14H27NO2/c1-12(11-16)10-15-13-5-8-17-14(9-13)6-3-2-4-7-14/h12-13,15-16H,2-11H2,1H3. The van der Waals surface area contributed by atoms with Crippen LogP contribution in [0.1, 0.15) is 51.9 Å². The lowest BCUT2D eigenvalue weighted by atomic mass is 9.78. The van der Waals surface area contributed by atoms with Crippen molar-refractivity contribution in [1.82, 2.24) is 5.32 Å². The third-order valence-electron chi connectivity index (χ3n) is 4.32. The van der Waals surface area contributed by atoms with Gasteiger partial charge in [0.25, 0.3) is 0 Å². The maximum absolute atomic E-state index is 9.04. The summed E-state index contributed by atoms with van der Waals surface area (Å²) in [6.07, 6.45) is 8.84. The molecule has 2 rings (SSSR count). The molecular formula is C14H27NO2. The Morgan fingerprint density at radius 2 is 2.12 bits per heavy atom. The highest BCUT2D eigenvalue weighted by Crippen LogP contribution is 2.38. The zero-order chi connectivity index (χ0) is 12.1. The van der Waals surface area contributed by atoms with Crippen molar-refractivity contribution in [3.63, 3.8) is 0 Å². The van der Waals surface area contributed by atoms with Gasteiger partial charge in [0.2, 0.25) is 0 Å². The normalized spacial score (nSPS) is 30.4. The summed E-state index contributed by atoms with van der Waals surface area (Å²) in [6.45, 7) is 4.20. The van der Waals surface area contributed by atoms with Gasteiger partial charge in [-0.1, -0.05) is 26.2 Å². The summed E-state index contributed by atoms with van der Waals surface area (Å²) < 4.78 is 6.08. The van der Waals surface area contributed by atoms with Gasteiger partial charge in [0, 0.05) is 25.8 Å². The van der Waals surface area contributed by atoms with E-state index in [-0.39, 0.29) is 12.2 Å². The van der Waals surface area contributed by atoms with Crippen molar-refractivity contribution in [2.45, 2.75) is 63.5 Å². The van der Waals surface area contributed by atoms with E-state index in [1.54, 1.807) is 0 Å². The Balaban J connectivity index is 1.79. The van der Waals surface area contributed by atoms with Gasteiger partial charge >= 0.3 is 0 Å². The number of aliphatic hydroxyl groups is 1. The van der Waals surface area contributed by atoms with E-state index >= 15 is 0 Å². The molecule has 1 aliphatic heterocycles. The summed E-state index contributed by atoms with van der Waals surface area (Å²) in [5, 5.41) is 12.6. The maximum Gasteiger partial charge on any atom is 0.0697 e. The first-order chi connectivity index (χ1) is 8.24. The van der Waals surface area contributed by atoms with E-state index in [9.17, 15) is 0 Å². The molecule has 1 spiro atoms. The van der Waals surface area contributed by atoms with Crippen molar-refractivity contribution < 1.29 is 9.84 Å². The van der Waals surface area contributed by atoms with Crippen molar-refractivity contribution in [3.05, 3.63) is 0 Å². The Bertz CT molecular complexity index is 221. The van der Waals surface area contributed by atoms with E-state index < -0.39 is 0 Å². The Hall–Kier alpha value is -0.120. The van der Waals surface area contributed by atoms with E-state index in [2.05, 4.69) is 12.2 Å². The van der Waals surface area contributed by atoms with Crippen LogP contribution in [-0.2, 0) is 4.74 Å². The average molecular weight is 241 g/mol. The second-order valence-corrected chi connectivity index (χ2v) is 5.98. The highest BCUT2D eigenvalue weighted by Gasteiger charge is 2.38. The first-order valence-corrected chi connectivity index (χ1v) is 7.22. The summed E-state index contributed by atoms with van der Waals surface area (Å²) >= 11 is 0. The van der Waals surface area contributed by atoms with Gasteiger partial charge in [0.1, 0.15) is 0 Å². The van der Waals surface area contributed by atoms with Crippen LogP contribution in [0.2, 0.25) is 0 Å². The van der Waals surface area contributed by atoms with Crippen molar-refractivity contribution >= 4 is 0 Å². The van der Waals surface area contributed by atoms with Crippen molar-refractivity contribution in [1.29, 1.82) is 0 Å². The van der Waals surface area contributed by atoms with E-state index in [1.165, 1.54) is 38.5 Å². The predicted octanol–water partition coefficient (Wildman–Crippen LogP) is 2.09. The van der Waals surface area contributed by atoms with Crippen LogP contribution in [0.25, 0.3) is 0 Å². The molecule has 100 valence electrons. The van der Waals surface area contributed by atoms with Gasteiger partial charge < -0.3 is 15.2 Å². The molecule has 0 amide bonds. The minimum absolute atomic E-state index is 0.191. The lowest BCUT2D eigenvalue weighted by Crippen LogP contribution is -2.48. The van der Waals surface area contributed by atoms with Crippen LogP contribution in [0.4, 0.5) is 0 Å². The third-order valence-corrected chi connectivity index (χ3v) is 4.32. The Labute approximate surface area is 105 Å². The predicted molar refractivity (Wildman–Crippen MR) is 69.0 cm³/mol. The Morgan fingerprint density at radius 1 is 1.35 bits per heavy atom. The molecule has 2 fully saturated rings. The molecule has 1 heterocycles. The fourth-order valence-electron chi connectivity index (χ4n) is 3.18. The third kappa shape index (κ3) is 3.67. The van der Waals surface area contributed by atoms with Crippen LogP contribution in [0.3, 0.4) is 0 Å². The Kier molecular flexibility index (Phi) is 4.83. The summed E-state index contributed by atoms with van der Waals surface area (Å²) in [4.78, 5) is 0. The smallest absolute Gasteiger partial charge is 0.0697 e. The molecular weight excluding hydrogens is 214 g/mol. The molecule has 0 aromatic rings. The summed E-state index contributed by atoms with van der Waals surface area (Å²) in [5.41, 5.74) is 0.191. The minimum Gasteiger partial charge on any atom is -0.396 e. The number of nitrogens with one attached hydrogen (secondary N) is 1. The molecule has 2 atom stereocenters. The second-order valence-electron chi connectivity index (χ2n) is 5.98. The van der Waals surface area contributed by atoms with E-state index in [0.29, 0.717) is 12.0 Å². The lowest BCUT2D eigenvalue weighted by Gasteiger charge is -2.44. The molecule has 0 bridgehead atoms. The molecule has 17 heavy (non-hydrogen) atoms. The zero-order valence-corrected chi connectivity index (χ0v) is 11.1. The quantitative estimate of drug-likeness (QED) is 0.792. The molecule has 3 nitrogen and oxygen atoms in total. The SMILES string of the molecule is CC(CO)CNC1CCOC2(CCCCC2)C1.